The molecule has 0 radical (unpaired) electrons. The number of carbonyl (C=O) groups excluding carboxylic acids is 2. The number of amides is 2. The van der Waals surface area contributed by atoms with Gasteiger partial charge < -0.3 is 20.4 Å². The first-order valence-electron chi connectivity index (χ1n) is 13.1. The molecule has 0 unspecified atom stereocenters. The molecule has 36 heavy (non-hydrogen) atoms. The van der Waals surface area contributed by atoms with Crippen LogP contribution in [0, 0.1) is 19.8 Å². The van der Waals surface area contributed by atoms with Gasteiger partial charge in [-0.25, -0.2) is 9.97 Å². The number of aromatic amines is 1. The number of hydrogen-bond donors (Lipinski definition) is 3. The third kappa shape index (κ3) is 5.22. The summed E-state index contributed by atoms with van der Waals surface area (Å²) in [7, 11) is 0. The van der Waals surface area contributed by atoms with Gasteiger partial charge in [-0.05, 0) is 70.4 Å². The predicted octanol–water partition coefficient (Wildman–Crippen LogP) is 4.60. The van der Waals surface area contributed by atoms with Crippen molar-refractivity contribution in [2.45, 2.75) is 77.8 Å². The van der Waals surface area contributed by atoms with E-state index in [-0.39, 0.29) is 23.9 Å². The lowest BCUT2D eigenvalue weighted by Gasteiger charge is -2.29. The molecule has 2 aliphatic rings. The molecule has 2 saturated carbocycles. The molecule has 0 bridgehead atoms. The Kier molecular flexibility index (Phi) is 6.94. The van der Waals surface area contributed by atoms with Crippen LogP contribution in [0.5, 0.6) is 5.75 Å². The van der Waals surface area contributed by atoms with Crippen LogP contribution in [-0.2, 0) is 4.79 Å². The summed E-state index contributed by atoms with van der Waals surface area (Å²) in [6.07, 6.45) is 7.89. The molecular weight excluding hydrogens is 454 g/mol. The van der Waals surface area contributed by atoms with Gasteiger partial charge in [0, 0.05) is 29.8 Å². The normalized spacial score (nSPS) is 19.8. The molecule has 2 aliphatic carbocycles. The number of ether oxygens (including phenoxy) is 1. The van der Waals surface area contributed by atoms with Crippen molar-refractivity contribution in [1.82, 2.24) is 25.6 Å². The summed E-state index contributed by atoms with van der Waals surface area (Å²) in [4.78, 5) is 37.6. The summed E-state index contributed by atoms with van der Waals surface area (Å²) in [6.45, 7) is 6.53. The lowest BCUT2D eigenvalue weighted by molar-refractivity contribution is -0.121. The van der Waals surface area contributed by atoms with E-state index in [1.54, 1.807) is 0 Å². The summed E-state index contributed by atoms with van der Waals surface area (Å²) < 4.78 is 6.16. The highest BCUT2D eigenvalue weighted by Crippen LogP contribution is 2.37. The van der Waals surface area contributed by atoms with Gasteiger partial charge in [-0.1, -0.05) is 18.6 Å². The van der Waals surface area contributed by atoms with Crippen molar-refractivity contribution in [2.24, 2.45) is 5.92 Å². The number of hydrogen-bond acceptors (Lipinski definition) is 5. The van der Waals surface area contributed by atoms with Crippen LogP contribution in [0.4, 0.5) is 0 Å². The van der Waals surface area contributed by atoms with Crippen LogP contribution in [0.3, 0.4) is 0 Å². The average molecular weight is 490 g/mol. The first kappa shape index (κ1) is 24.3. The molecule has 5 rings (SSSR count). The molecule has 8 heteroatoms. The van der Waals surface area contributed by atoms with E-state index >= 15 is 0 Å². The SMILES string of the molecule is CCC(=O)NC1CCC(NC(=O)c2c(C)[nH]c3c(-c4cc(C)ccc4OCC4CC4)ncnc23)CC1. The van der Waals surface area contributed by atoms with Crippen LogP contribution in [0.2, 0.25) is 0 Å². The maximum absolute atomic E-state index is 13.4. The third-order valence-electron chi connectivity index (χ3n) is 7.31. The fraction of sp³-hybridized carbons (Fsp3) is 0.500. The van der Waals surface area contributed by atoms with E-state index in [2.05, 4.69) is 31.7 Å². The molecule has 3 aromatic rings. The second-order valence-corrected chi connectivity index (χ2v) is 10.3. The number of fused-ring (bicyclic) bond motifs is 1. The molecule has 3 N–H and O–H groups in total. The van der Waals surface area contributed by atoms with Crippen molar-refractivity contribution < 1.29 is 14.3 Å². The van der Waals surface area contributed by atoms with Gasteiger partial charge in [0.1, 0.15) is 23.3 Å². The average Bonchev–Trinajstić information content (AvgIpc) is 3.63. The highest BCUT2D eigenvalue weighted by atomic mass is 16.5. The second-order valence-electron chi connectivity index (χ2n) is 10.3. The van der Waals surface area contributed by atoms with Gasteiger partial charge in [0.15, 0.2) is 0 Å². The Morgan fingerprint density at radius 3 is 2.44 bits per heavy atom. The molecule has 2 aromatic heterocycles. The Labute approximate surface area is 211 Å². The highest BCUT2D eigenvalue weighted by molar-refractivity contribution is 6.09. The number of aromatic nitrogens is 3. The van der Waals surface area contributed by atoms with Crippen LogP contribution in [0.1, 0.15) is 73.5 Å². The number of nitrogens with zero attached hydrogens (tertiary/aromatic N) is 2. The molecule has 0 aliphatic heterocycles. The van der Waals surface area contributed by atoms with Crippen molar-refractivity contribution in [2.75, 3.05) is 6.61 Å². The minimum atomic E-state index is -0.126. The van der Waals surface area contributed by atoms with Crippen LogP contribution >= 0.6 is 0 Å². The number of aryl methyl sites for hydroxylation is 2. The first-order valence-corrected chi connectivity index (χ1v) is 13.1. The van der Waals surface area contributed by atoms with Crippen LogP contribution in [0.15, 0.2) is 24.5 Å². The molecule has 1 aromatic carbocycles. The topological polar surface area (TPSA) is 109 Å². The Hall–Kier alpha value is -3.42. The van der Waals surface area contributed by atoms with E-state index in [1.807, 2.05) is 32.9 Å². The fourth-order valence-corrected chi connectivity index (χ4v) is 5.02. The summed E-state index contributed by atoms with van der Waals surface area (Å²) in [5.74, 6) is 1.41. The van der Waals surface area contributed by atoms with E-state index in [4.69, 9.17) is 4.74 Å². The van der Waals surface area contributed by atoms with Crippen molar-refractivity contribution in [3.63, 3.8) is 0 Å². The molecule has 0 atom stereocenters. The van der Waals surface area contributed by atoms with Crippen LogP contribution in [0.25, 0.3) is 22.3 Å². The zero-order valence-electron chi connectivity index (χ0n) is 21.3. The van der Waals surface area contributed by atoms with Crippen LogP contribution in [-0.4, -0.2) is 45.5 Å². The number of rotatable bonds is 8. The third-order valence-corrected chi connectivity index (χ3v) is 7.31. The summed E-state index contributed by atoms with van der Waals surface area (Å²) >= 11 is 0. The number of benzene rings is 1. The Morgan fingerprint density at radius 1 is 1.03 bits per heavy atom. The maximum atomic E-state index is 13.4. The van der Waals surface area contributed by atoms with E-state index in [0.717, 1.165) is 59.5 Å². The number of H-pyrrole nitrogens is 1. The van der Waals surface area contributed by atoms with Gasteiger partial charge in [-0.15, -0.1) is 0 Å². The van der Waals surface area contributed by atoms with Crippen LogP contribution < -0.4 is 15.4 Å². The monoisotopic (exact) mass is 489 g/mol. The van der Waals surface area contributed by atoms with Crippen molar-refractivity contribution in [3.8, 4) is 17.0 Å². The summed E-state index contributed by atoms with van der Waals surface area (Å²) in [5, 5.41) is 6.27. The largest absolute Gasteiger partial charge is 0.493 e. The Balaban J connectivity index is 1.37. The van der Waals surface area contributed by atoms with Gasteiger partial charge in [-0.2, -0.15) is 0 Å². The zero-order valence-corrected chi connectivity index (χ0v) is 21.3. The fourth-order valence-electron chi connectivity index (χ4n) is 5.02. The molecule has 8 nitrogen and oxygen atoms in total. The van der Waals surface area contributed by atoms with E-state index in [9.17, 15) is 9.59 Å². The molecule has 2 amide bonds. The van der Waals surface area contributed by atoms with Gasteiger partial charge in [0.05, 0.1) is 17.7 Å². The lowest BCUT2D eigenvalue weighted by Crippen LogP contribution is -2.43. The lowest BCUT2D eigenvalue weighted by atomic mass is 9.91. The Morgan fingerprint density at radius 2 is 1.75 bits per heavy atom. The van der Waals surface area contributed by atoms with Gasteiger partial charge >= 0.3 is 0 Å². The van der Waals surface area contributed by atoms with Crippen molar-refractivity contribution >= 4 is 22.8 Å². The smallest absolute Gasteiger partial charge is 0.255 e. The maximum Gasteiger partial charge on any atom is 0.255 e. The minimum Gasteiger partial charge on any atom is -0.493 e. The molecule has 2 heterocycles. The Bertz CT molecular complexity index is 1270. The second kappa shape index (κ2) is 10.3. The van der Waals surface area contributed by atoms with Crippen molar-refractivity contribution in [1.29, 1.82) is 0 Å². The van der Waals surface area contributed by atoms with Gasteiger partial charge in [-0.3, -0.25) is 9.59 Å². The van der Waals surface area contributed by atoms with E-state index in [0.29, 0.717) is 30.0 Å². The number of nitrogens with one attached hydrogen (secondary N) is 3. The number of carbonyl (C=O) groups is 2. The molecule has 0 spiro atoms. The molecule has 190 valence electrons. The molecule has 0 saturated heterocycles. The van der Waals surface area contributed by atoms with E-state index < -0.39 is 0 Å². The summed E-state index contributed by atoms with van der Waals surface area (Å²) in [5.41, 5.74) is 5.45. The highest BCUT2D eigenvalue weighted by Gasteiger charge is 2.27. The molecular formula is C28H35N5O3. The van der Waals surface area contributed by atoms with E-state index in [1.165, 1.54) is 19.2 Å². The zero-order chi connectivity index (χ0) is 25.2. The van der Waals surface area contributed by atoms with Gasteiger partial charge in [0.2, 0.25) is 5.91 Å². The first-order chi connectivity index (χ1) is 17.4. The van der Waals surface area contributed by atoms with Gasteiger partial charge in [0.25, 0.3) is 5.91 Å². The summed E-state index contributed by atoms with van der Waals surface area (Å²) in [6, 6.07) is 6.41. The standard InChI is InChI=1S/C28H35N5O3/c1-4-23(34)32-19-8-10-20(11-9-19)33-28(35)24-17(3)31-27-25(29-15-30-26(24)27)21-13-16(2)5-12-22(21)36-14-18-6-7-18/h5,12-13,15,18-20,31H,4,6-11,14H2,1-3H3,(H,32,34)(H,33,35). The van der Waals surface area contributed by atoms with Crippen molar-refractivity contribution in [3.05, 3.63) is 41.3 Å². The predicted molar refractivity (Wildman–Crippen MR) is 139 cm³/mol. The quantitative estimate of drug-likeness (QED) is 0.429. The minimum absolute atomic E-state index is 0.0807. The molecule has 2 fully saturated rings.